The monoisotopic (exact) mass is 476 g/mol. The van der Waals surface area contributed by atoms with Crippen molar-refractivity contribution >= 4 is 33.5 Å². The molecule has 0 aliphatic heterocycles. The summed E-state index contributed by atoms with van der Waals surface area (Å²) < 4.78 is 27.3. The molecule has 0 atom stereocenters. The molecule has 0 unspecified atom stereocenters. The molecule has 0 fully saturated rings. The number of nitrogens with one attached hydrogen (secondary N) is 1. The minimum absolute atomic E-state index is 0.0301. The average molecular weight is 476 g/mol. The van der Waals surface area contributed by atoms with Gasteiger partial charge in [0.25, 0.3) is 5.56 Å². The van der Waals surface area contributed by atoms with Gasteiger partial charge in [-0.2, -0.15) is 4.98 Å². The second-order valence-electron chi connectivity index (χ2n) is 8.09. The Morgan fingerprint density at radius 2 is 2.03 bits per heavy atom. The molecule has 0 bridgehead atoms. The first-order valence-electron chi connectivity index (χ1n) is 10.7. The van der Waals surface area contributed by atoms with Crippen molar-refractivity contribution in [2.24, 2.45) is 0 Å². The number of hydrogen-bond donors (Lipinski definition) is 1. The number of amides is 1. The van der Waals surface area contributed by atoms with E-state index < -0.39 is 11.7 Å². The number of ether oxygens (including phenoxy) is 1. The van der Waals surface area contributed by atoms with E-state index in [4.69, 9.17) is 9.26 Å². The standard InChI is InChI=1S/C24H21FN6O4/c1-13-4-5-15(8-18(13)25)28-20(32)10-31-19-7-6-16(34-3)9-17(19)22-23(31)24(33)30(12-26-22)11-21-27-14(2)29-35-21/h4-9,12H,10-11H2,1-3H3,(H,28,32). The predicted octanol–water partition coefficient (Wildman–Crippen LogP) is 3.19. The minimum atomic E-state index is -0.426. The first-order valence-corrected chi connectivity index (χ1v) is 10.7. The Morgan fingerprint density at radius 3 is 2.74 bits per heavy atom. The molecule has 0 saturated heterocycles. The van der Waals surface area contributed by atoms with Crippen molar-refractivity contribution in [3.05, 3.63) is 76.2 Å². The van der Waals surface area contributed by atoms with Crippen molar-refractivity contribution in [2.75, 3.05) is 12.4 Å². The highest BCUT2D eigenvalue weighted by Gasteiger charge is 2.20. The van der Waals surface area contributed by atoms with Crippen LogP contribution < -0.4 is 15.6 Å². The molecular formula is C24H21FN6O4. The van der Waals surface area contributed by atoms with Crippen molar-refractivity contribution in [3.8, 4) is 5.75 Å². The predicted molar refractivity (Wildman–Crippen MR) is 126 cm³/mol. The first-order chi connectivity index (χ1) is 16.8. The van der Waals surface area contributed by atoms with Crippen molar-refractivity contribution in [3.63, 3.8) is 0 Å². The smallest absolute Gasteiger partial charge is 0.278 e. The highest BCUT2D eigenvalue weighted by atomic mass is 19.1. The highest BCUT2D eigenvalue weighted by Crippen LogP contribution is 2.29. The van der Waals surface area contributed by atoms with Crippen molar-refractivity contribution in [2.45, 2.75) is 26.9 Å². The third kappa shape index (κ3) is 4.12. The van der Waals surface area contributed by atoms with Gasteiger partial charge in [0.2, 0.25) is 11.8 Å². The Hall–Kier alpha value is -4.54. The lowest BCUT2D eigenvalue weighted by molar-refractivity contribution is -0.116. The molecule has 5 rings (SSSR count). The SMILES string of the molecule is COc1ccc2c(c1)c1ncn(Cc3nc(C)no3)c(=O)c1n2CC(=O)Nc1ccc(C)c(F)c1. The Kier molecular flexibility index (Phi) is 5.51. The van der Waals surface area contributed by atoms with Gasteiger partial charge in [-0.05, 0) is 49.7 Å². The van der Waals surface area contributed by atoms with Crippen LogP contribution in [0.3, 0.4) is 0 Å². The fraction of sp³-hybridized carbons (Fsp3) is 0.208. The lowest BCUT2D eigenvalue weighted by Gasteiger charge is -2.10. The molecule has 0 spiro atoms. The zero-order chi connectivity index (χ0) is 24.7. The molecule has 0 radical (unpaired) electrons. The van der Waals surface area contributed by atoms with E-state index in [1.54, 1.807) is 55.9 Å². The molecule has 0 saturated carbocycles. The number of nitrogens with zero attached hydrogens (tertiary/aromatic N) is 5. The van der Waals surface area contributed by atoms with Crippen LogP contribution in [0.1, 0.15) is 17.3 Å². The van der Waals surface area contributed by atoms with Crippen LogP contribution in [0.5, 0.6) is 5.75 Å². The lowest BCUT2D eigenvalue weighted by atomic mass is 10.2. The number of carbonyl (C=O) groups is 1. The average Bonchev–Trinajstić information content (AvgIpc) is 3.38. The van der Waals surface area contributed by atoms with Gasteiger partial charge in [0.1, 0.15) is 35.7 Å². The van der Waals surface area contributed by atoms with Crippen LogP contribution in [0.4, 0.5) is 10.1 Å². The third-order valence-corrected chi connectivity index (χ3v) is 5.67. The van der Waals surface area contributed by atoms with Crippen LogP contribution >= 0.6 is 0 Å². The van der Waals surface area contributed by atoms with Gasteiger partial charge in [-0.1, -0.05) is 11.2 Å². The number of benzene rings is 2. The van der Waals surface area contributed by atoms with Crippen molar-refractivity contribution < 1.29 is 18.4 Å². The normalized spacial score (nSPS) is 11.3. The lowest BCUT2D eigenvalue weighted by Crippen LogP contribution is -2.25. The Balaban J connectivity index is 1.60. The third-order valence-electron chi connectivity index (χ3n) is 5.67. The maximum atomic E-state index is 13.9. The highest BCUT2D eigenvalue weighted by molar-refractivity contribution is 6.07. The molecular weight excluding hydrogens is 455 g/mol. The van der Waals surface area contributed by atoms with Crippen LogP contribution in [0.25, 0.3) is 21.9 Å². The molecule has 10 nitrogen and oxygen atoms in total. The summed E-state index contributed by atoms with van der Waals surface area (Å²) in [5.74, 6) is 0.450. The topological polar surface area (TPSA) is 117 Å². The quantitative estimate of drug-likeness (QED) is 0.400. The second-order valence-corrected chi connectivity index (χ2v) is 8.09. The van der Waals surface area contributed by atoms with Crippen LogP contribution in [0.2, 0.25) is 0 Å². The minimum Gasteiger partial charge on any atom is -0.497 e. The summed E-state index contributed by atoms with van der Waals surface area (Å²) in [5, 5.41) is 7.09. The summed E-state index contributed by atoms with van der Waals surface area (Å²) in [6, 6.07) is 9.72. The molecule has 178 valence electrons. The van der Waals surface area contributed by atoms with E-state index in [2.05, 4.69) is 20.4 Å². The summed E-state index contributed by atoms with van der Waals surface area (Å²) in [6.07, 6.45) is 1.41. The van der Waals surface area contributed by atoms with Crippen LogP contribution in [0.15, 0.2) is 52.0 Å². The van der Waals surface area contributed by atoms with Gasteiger partial charge in [-0.3, -0.25) is 14.2 Å². The van der Waals surface area contributed by atoms with Gasteiger partial charge < -0.3 is 19.1 Å². The molecule has 0 aliphatic carbocycles. The van der Waals surface area contributed by atoms with Crippen molar-refractivity contribution in [1.29, 1.82) is 0 Å². The van der Waals surface area contributed by atoms with Gasteiger partial charge >= 0.3 is 0 Å². The molecule has 1 amide bonds. The number of anilines is 1. The van der Waals surface area contributed by atoms with Crippen molar-refractivity contribution in [1.82, 2.24) is 24.3 Å². The van der Waals surface area contributed by atoms with E-state index in [9.17, 15) is 14.0 Å². The van der Waals surface area contributed by atoms with Crippen LogP contribution in [0, 0.1) is 19.7 Å². The van der Waals surface area contributed by atoms with E-state index in [1.165, 1.54) is 17.0 Å². The molecule has 3 aromatic heterocycles. The van der Waals surface area contributed by atoms with Gasteiger partial charge in [0.15, 0.2) is 5.82 Å². The number of fused-ring (bicyclic) bond motifs is 3. The molecule has 2 aromatic carbocycles. The summed E-state index contributed by atoms with van der Waals surface area (Å²) in [5.41, 5.74) is 1.70. The van der Waals surface area contributed by atoms with E-state index in [1.807, 2.05) is 0 Å². The number of rotatable bonds is 6. The second kappa shape index (κ2) is 8.67. The zero-order valence-electron chi connectivity index (χ0n) is 19.2. The molecule has 3 heterocycles. The maximum Gasteiger partial charge on any atom is 0.278 e. The van der Waals surface area contributed by atoms with E-state index in [0.29, 0.717) is 39.2 Å². The summed E-state index contributed by atoms with van der Waals surface area (Å²) in [4.78, 5) is 35.1. The number of methoxy groups -OCH3 is 1. The summed E-state index contributed by atoms with van der Waals surface area (Å²) in [6.45, 7) is 3.16. The first kappa shape index (κ1) is 22.3. The molecule has 1 N–H and O–H groups in total. The number of aryl methyl sites for hydroxylation is 2. The van der Waals surface area contributed by atoms with E-state index in [-0.39, 0.29) is 30.1 Å². The van der Waals surface area contributed by atoms with Gasteiger partial charge in [-0.15, -0.1) is 0 Å². The van der Waals surface area contributed by atoms with Crippen LogP contribution in [-0.2, 0) is 17.9 Å². The maximum absolute atomic E-state index is 13.9. The number of hydrogen-bond acceptors (Lipinski definition) is 7. The molecule has 35 heavy (non-hydrogen) atoms. The fourth-order valence-electron chi connectivity index (χ4n) is 3.95. The Labute approximate surface area is 198 Å². The summed E-state index contributed by atoms with van der Waals surface area (Å²) >= 11 is 0. The fourth-order valence-corrected chi connectivity index (χ4v) is 3.95. The Morgan fingerprint density at radius 1 is 1.20 bits per heavy atom. The van der Waals surface area contributed by atoms with Gasteiger partial charge in [-0.25, -0.2) is 9.37 Å². The number of halogens is 1. The van der Waals surface area contributed by atoms with Gasteiger partial charge in [0, 0.05) is 11.1 Å². The van der Waals surface area contributed by atoms with E-state index >= 15 is 0 Å². The Bertz CT molecular complexity index is 1650. The molecule has 5 aromatic rings. The zero-order valence-corrected chi connectivity index (χ0v) is 19.2. The molecule has 0 aliphatic rings. The number of aromatic nitrogens is 5. The largest absolute Gasteiger partial charge is 0.497 e. The summed E-state index contributed by atoms with van der Waals surface area (Å²) in [7, 11) is 1.54. The van der Waals surface area contributed by atoms with E-state index in [0.717, 1.165) is 0 Å². The van der Waals surface area contributed by atoms with Crippen LogP contribution in [-0.4, -0.2) is 37.3 Å². The number of carbonyl (C=O) groups excluding carboxylic acids is 1. The molecule has 11 heteroatoms. The van der Waals surface area contributed by atoms with Gasteiger partial charge in [0.05, 0.1) is 19.0 Å².